The Bertz CT molecular complexity index is 605. The van der Waals surface area contributed by atoms with Crippen LogP contribution >= 0.6 is 0 Å². The Labute approximate surface area is 133 Å². The quantitative estimate of drug-likeness (QED) is 0.901. The SMILES string of the molecule is COCc1nc(C)cc(NC(c2ccccc2)C(C)(C)C)n1. The Hall–Kier alpha value is -1.94. The van der Waals surface area contributed by atoms with E-state index in [4.69, 9.17) is 4.74 Å². The molecule has 0 amide bonds. The van der Waals surface area contributed by atoms with E-state index < -0.39 is 0 Å². The number of anilines is 1. The Balaban J connectivity index is 2.32. The van der Waals surface area contributed by atoms with Crippen LogP contribution in [-0.2, 0) is 11.3 Å². The molecule has 0 aliphatic rings. The lowest BCUT2D eigenvalue weighted by Crippen LogP contribution is -2.26. The molecule has 22 heavy (non-hydrogen) atoms. The van der Waals surface area contributed by atoms with Gasteiger partial charge in [-0.25, -0.2) is 9.97 Å². The summed E-state index contributed by atoms with van der Waals surface area (Å²) < 4.78 is 5.14. The highest BCUT2D eigenvalue weighted by Gasteiger charge is 2.26. The van der Waals surface area contributed by atoms with Crippen molar-refractivity contribution in [1.82, 2.24) is 9.97 Å². The minimum atomic E-state index is 0.0572. The number of hydrogen-bond donors (Lipinski definition) is 1. The predicted molar refractivity (Wildman–Crippen MR) is 89.7 cm³/mol. The Morgan fingerprint density at radius 1 is 1.14 bits per heavy atom. The van der Waals surface area contributed by atoms with Crippen LogP contribution in [0.3, 0.4) is 0 Å². The monoisotopic (exact) mass is 299 g/mol. The first kappa shape index (κ1) is 16.4. The van der Waals surface area contributed by atoms with Gasteiger partial charge >= 0.3 is 0 Å². The molecule has 1 N–H and O–H groups in total. The highest BCUT2D eigenvalue weighted by molar-refractivity contribution is 5.40. The molecule has 0 bridgehead atoms. The molecule has 2 aromatic rings. The van der Waals surface area contributed by atoms with Crippen molar-refractivity contribution in [1.29, 1.82) is 0 Å². The number of nitrogens with zero attached hydrogens (tertiary/aromatic N) is 2. The fraction of sp³-hybridized carbons (Fsp3) is 0.444. The highest BCUT2D eigenvalue weighted by atomic mass is 16.5. The summed E-state index contributed by atoms with van der Waals surface area (Å²) in [5.41, 5.74) is 2.24. The summed E-state index contributed by atoms with van der Waals surface area (Å²) in [7, 11) is 1.65. The molecule has 4 heteroatoms. The van der Waals surface area contributed by atoms with E-state index in [2.05, 4.69) is 60.3 Å². The van der Waals surface area contributed by atoms with Gasteiger partial charge < -0.3 is 10.1 Å². The van der Waals surface area contributed by atoms with Crippen molar-refractivity contribution in [3.63, 3.8) is 0 Å². The van der Waals surface area contributed by atoms with E-state index in [9.17, 15) is 0 Å². The average molecular weight is 299 g/mol. The molecule has 0 spiro atoms. The number of benzene rings is 1. The zero-order valence-electron chi connectivity index (χ0n) is 14.1. The maximum absolute atomic E-state index is 5.14. The van der Waals surface area contributed by atoms with E-state index in [1.807, 2.05) is 19.1 Å². The molecule has 1 aromatic carbocycles. The summed E-state index contributed by atoms with van der Waals surface area (Å²) in [5.74, 6) is 1.54. The first-order valence-corrected chi connectivity index (χ1v) is 7.55. The van der Waals surface area contributed by atoms with Gasteiger partial charge in [-0.15, -0.1) is 0 Å². The Morgan fingerprint density at radius 3 is 2.41 bits per heavy atom. The standard InChI is InChI=1S/C18H25N3O/c1-13-11-15(20-16(19-13)12-22-5)21-17(18(2,3)4)14-9-7-6-8-10-14/h6-11,17H,12H2,1-5H3,(H,19,20,21). The largest absolute Gasteiger partial charge is 0.377 e. The minimum Gasteiger partial charge on any atom is -0.377 e. The Kier molecular flexibility index (Phi) is 5.14. The first-order chi connectivity index (χ1) is 10.4. The molecule has 1 atom stereocenters. The minimum absolute atomic E-state index is 0.0572. The molecule has 1 heterocycles. The summed E-state index contributed by atoms with van der Waals surface area (Å²) in [6, 6.07) is 12.6. The van der Waals surface area contributed by atoms with Crippen molar-refractivity contribution in [3.8, 4) is 0 Å². The van der Waals surface area contributed by atoms with Gasteiger partial charge in [0.05, 0.1) is 6.04 Å². The lowest BCUT2D eigenvalue weighted by Gasteiger charge is -2.32. The second-order valence-electron chi connectivity index (χ2n) is 6.60. The third kappa shape index (κ3) is 4.28. The molecular formula is C18H25N3O. The van der Waals surface area contributed by atoms with Gasteiger partial charge in [0.25, 0.3) is 0 Å². The van der Waals surface area contributed by atoms with Crippen LogP contribution in [0.1, 0.15) is 43.9 Å². The van der Waals surface area contributed by atoms with Gasteiger partial charge in [0.15, 0.2) is 5.82 Å². The summed E-state index contributed by atoms with van der Waals surface area (Å²) in [6.07, 6.45) is 0. The molecule has 1 aromatic heterocycles. The summed E-state index contributed by atoms with van der Waals surface area (Å²) in [5, 5.41) is 3.57. The zero-order valence-corrected chi connectivity index (χ0v) is 14.1. The molecule has 118 valence electrons. The number of aromatic nitrogens is 2. The van der Waals surface area contributed by atoms with Crippen molar-refractivity contribution < 1.29 is 4.74 Å². The van der Waals surface area contributed by atoms with Gasteiger partial charge in [-0.1, -0.05) is 51.1 Å². The lowest BCUT2D eigenvalue weighted by atomic mass is 9.82. The molecule has 1 unspecified atom stereocenters. The van der Waals surface area contributed by atoms with Crippen LogP contribution in [0.4, 0.5) is 5.82 Å². The fourth-order valence-electron chi connectivity index (χ4n) is 2.49. The molecular weight excluding hydrogens is 274 g/mol. The van der Waals surface area contributed by atoms with Crippen LogP contribution < -0.4 is 5.32 Å². The van der Waals surface area contributed by atoms with Crippen LogP contribution in [0.5, 0.6) is 0 Å². The topological polar surface area (TPSA) is 47.0 Å². The van der Waals surface area contributed by atoms with Gasteiger partial charge in [0.2, 0.25) is 0 Å². The average Bonchev–Trinajstić information content (AvgIpc) is 2.44. The molecule has 0 radical (unpaired) electrons. The van der Waals surface area contributed by atoms with Gasteiger partial charge in [0, 0.05) is 18.9 Å². The first-order valence-electron chi connectivity index (χ1n) is 7.55. The second-order valence-corrected chi connectivity index (χ2v) is 6.60. The normalized spacial score (nSPS) is 13.0. The lowest BCUT2D eigenvalue weighted by molar-refractivity contribution is 0.177. The van der Waals surface area contributed by atoms with Gasteiger partial charge in [0.1, 0.15) is 12.4 Å². The van der Waals surface area contributed by atoms with Gasteiger partial charge in [-0.2, -0.15) is 0 Å². The predicted octanol–water partition coefficient (Wildman–Crippen LogP) is 4.13. The maximum Gasteiger partial charge on any atom is 0.156 e. The molecule has 0 fully saturated rings. The van der Waals surface area contributed by atoms with Crippen molar-refractivity contribution in [2.75, 3.05) is 12.4 Å². The van der Waals surface area contributed by atoms with E-state index in [1.54, 1.807) is 7.11 Å². The number of ether oxygens (including phenoxy) is 1. The number of methoxy groups -OCH3 is 1. The van der Waals surface area contributed by atoms with Gasteiger partial charge in [-0.05, 0) is 17.9 Å². The molecule has 0 saturated heterocycles. The number of hydrogen-bond acceptors (Lipinski definition) is 4. The number of nitrogens with one attached hydrogen (secondary N) is 1. The molecule has 0 aliphatic carbocycles. The van der Waals surface area contributed by atoms with E-state index in [0.29, 0.717) is 12.4 Å². The van der Waals surface area contributed by atoms with Crippen LogP contribution in [-0.4, -0.2) is 17.1 Å². The second kappa shape index (κ2) is 6.88. The Morgan fingerprint density at radius 2 is 1.82 bits per heavy atom. The van der Waals surface area contributed by atoms with Crippen molar-refractivity contribution in [3.05, 3.63) is 53.5 Å². The van der Waals surface area contributed by atoms with Crippen LogP contribution in [0.15, 0.2) is 36.4 Å². The third-order valence-electron chi connectivity index (χ3n) is 3.47. The van der Waals surface area contributed by atoms with E-state index >= 15 is 0 Å². The van der Waals surface area contributed by atoms with E-state index in [0.717, 1.165) is 11.5 Å². The van der Waals surface area contributed by atoms with Crippen molar-refractivity contribution in [2.24, 2.45) is 5.41 Å². The highest BCUT2D eigenvalue weighted by Crippen LogP contribution is 2.35. The van der Waals surface area contributed by atoms with Crippen molar-refractivity contribution in [2.45, 2.75) is 40.3 Å². The molecule has 2 rings (SSSR count). The number of rotatable bonds is 5. The smallest absolute Gasteiger partial charge is 0.156 e. The van der Waals surface area contributed by atoms with E-state index in [-0.39, 0.29) is 11.5 Å². The summed E-state index contributed by atoms with van der Waals surface area (Å²) >= 11 is 0. The zero-order chi connectivity index (χ0) is 16.2. The third-order valence-corrected chi connectivity index (χ3v) is 3.47. The van der Waals surface area contributed by atoms with Crippen LogP contribution in [0.25, 0.3) is 0 Å². The van der Waals surface area contributed by atoms with E-state index in [1.165, 1.54) is 5.56 Å². The van der Waals surface area contributed by atoms with Gasteiger partial charge in [-0.3, -0.25) is 0 Å². The number of aryl methyl sites for hydroxylation is 1. The molecule has 0 aliphatic heterocycles. The van der Waals surface area contributed by atoms with Crippen molar-refractivity contribution >= 4 is 5.82 Å². The van der Waals surface area contributed by atoms with Crippen LogP contribution in [0, 0.1) is 12.3 Å². The maximum atomic E-state index is 5.14. The fourth-order valence-corrected chi connectivity index (χ4v) is 2.49. The molecule has 0 saturated carbocycles. The molecule has 4 nitrogen and oxygen atoms in total. The van der Waals surface area contributed by atoms with Crippen LogP contribution in [0.2, 0.25) is 0 Å². The summed E-state index contributed by atoms with van der Waals surface area (Å²) in [6.45, 7) is 9.06. The summed E-state index contributed by atoms with van der Waals surface area (Å²) in [4.78, 5) is 8.94.